The number of rotatable bonds is 4. The molecule has 0 aliphatic carbocycles. The number of amides is 1. The van der Waals surface area contributed by atoms with E-state index in [0.29, 0.717) is 4.31 Å². The predicted molar refractivity (Wildman–Crippen MR) is 86.9 cm³/mol. The summed E-state index contributed by atoms with van der Waals surface area (Å²) in [5.41, 5.74) is -1.20. The number of sulfonamides is 2. The maximum Gasteiger partial charge on any atom is 0.244 e. The van der Waals surface area contributed by atoms with E-state index in [2.05, 4.69) is 4.72 Å². The van der Waals surface area contributed by atoms with Gasteiger partial charge in [-0.15, -0.1) is 0 Å². The fraction of sp³-hybridized carbons (Fsp3) is 0.429. The van der Waals surface area contributed by atoms with Gasteiger partial charge in [-0.25, -0.2) is 21.1 Å². The molecule has 1 saturated heterocycles. The lowest BCUT2D eigenvalue weighted by Gasteiger charge is -2.18. The van der Waals surface area contributed by atoms with Crippen LogP contribution in [0.3, 0.4) is 0 Å². The summed E-state index contributed by atoms with van der Waals surface area (Å²) < 4.78 is 51.4. The van der Waals surface area contributed by atoms with Crippen LogP contribution >= 0.6 is 0 Å². The third-order valence-electron chi connectivity index (χ3n) is 3.41. The minimum atomic E-state index is -3.95. The van der Waals surface area contributed by atoms with Crippen molar-refractivity contribution in [3.05, 3.63) is 24.3 Å². The molecule has 1 N–H and O–H groups in total. The Morgan fingerprint density at radius 1 is 1.29 bits per heavy atom. The number of hydrogen-bond donors (Lipinski definition) is 1. The first-order valence-electron chi connectivity index (χ1n) is 7.02. The summed E-state index contributed by atoms with van der Waals surface area (Å²) in [5, 5.41) is 8.92. The molecule has 1 fully saturated rings. The number of carbonyl (C=O) groups is 1. The summed E-state index contributed by atoms with van der Waals surface area (Å²) in [4.78, 5) is 11.9. The van der Waals surface area contributed by atoms with Gasteiger partial charge in [0.05, 0.1) is 28.3 Å². The zero-order chi connectivity index (χ0) is 18.3. The van der Waals surface area contributed by atoms with Crippen LogP contribution in [0.25, 0.3) is 0 Å². The van der Waals surface area contributed by atoms with Crippen molar-refractivity contribution in [2.75, 3.05) is 10.1 Å². The Balaban J connectivity index is 2.36. The van der Waals surface area contributed by atoms with Gasteiger partial charge in [-0.2, -0.15) is 9.98 Å². The van der Waals surface area contributed by atoms with Crippen molar-refractivity contribution in [2.24, 2.45) is 5.92 Å². The standard InChI is InChI=1S/C14H17N3O5S2/c1-10-8-23(19,20)17(13(10)18)11-4-6-12(7-5-11)24(21,22)16-14(2,3)9-15/h4-7,10,16H,8H2,1-3H3. The van der Waals surface area contributed by atoms with Crippen LogP contribution in [0, 0.1) is 17.2 Å². The monoisotopic (exact) mass is 371 g/mol. The van der Waals surface area contributed by atoms with Gasteiger partial charge in [-0.05, 0) is 38.1 Å². The first-order valence-corrected chi connectivity index (χ1v) is 10.1. The highest BCUT2D eigenvalue weighted by molar-refractivity contribution is 7.94. The Morgan fingerprint density at radius 3 is 2.25 bits per heavy atom. The molecule has 1 aliphatic heterocycles. The van der Waals surface area contributed by atoms with Crippen LogP contribution in [0.5, 0.6) is 0 Å². The SMILES string of the molecule is CC1CS(=O)(=O)N(c2ccc(S(=O)(=O)NC(C)(C)C#N)cc2)C1=O. The van der Waals surface area contributed by atoms with E-state index in [1.807, 2.05) is 6.07 Å². The molecule has 0 radical (unpaired) electrons. The Labute approximate surface area is 141 Å². The number of anilines is 1. The molecule has 2 rings (SSSR count). The maximum absolute atomic E-state index is 12.2. The highest BCUT2D eigenvalue weighted by Crippen LogP contribution is 2.29. The van der Waals surface area contributed by atoms with E-state index in [1.165, 1.54) is 45.0 Å². The minimum Gasteiger partial charge on any atom is -0.273 e. The Kier molecular flexibility index (Phi) is 4.47. The van der Waals surface area contributed by atoms with Crippen LogP contribution in [0.15, 0.2) is 29.2 Å². The van der Waals surface area contributed by atoms with Gasteiger partial charge >= 0.3 is 0 Å². The number of carbonyl (C=O) groups excluding carboxylic acids is 1. The summed E-state index contributed by atoms with van der Waals surface area (Å²) >= 11 is 0. The highest BCUT2D eigenvalue weighted by atomic mass is 32.2. The second-order valence-corrected chi connectivity index (χ2v) is 9.66. The van der Waals surface area contributed by atoms with Gasteiger partial charge < -0.3 is 0 Å². The molecule has 10 heteroatoms. The van der Waals surface area contributed by atoms with Crippen LogP contribution < -0.4 is 9.03 Å². The second-order valence-electron chi connectivity index (χ2n) is 6.12. The Bertz CT molecular complexity index is 912. The molecule has 1 amide bonds. The molecule has 1 aromatic carbocycles. The van der Waals surface area contributed by atoms with Crippen LogP contribution in [0.1, 0.15) is 20.8 Å². The lowest BCUT2D eigenvalue weighted by Crippen LogP contribution is -2.41. The average Bonchev–Trinajstić information content (AvgIpc) is 2.66. The van der Waals surface area contributed by atoms with Crippen LogP contribution in [-0.4, -0.2) is 34.0 Å². The van der Waals surface area contributed by atoms with Gasteiger partial charge in [0.15, 0.2) is 0 Å². The molecule has 0 saturated carbocycles. The normalized spacial score (nSPS) is 20.8. The molecule has 1 aromatic rings. The molecule has 1 aliphatic rings. The van der Waals surface area contributed by atoms with Crippen molar-refractivity contribution in [1.29, 1.82) is 5.26 Å². The maximum atomic E-state index is 12.2. The lowest BCUT2D eigenvalue weighted by molar-refractivity contribution is -0.119. The number of hydrogen-bond acceptors (Lipinski definition) is 6. The van der Waals surface area contributed by atoms with Gasteiger partial charge in [0.25, 0.3) is 0 Å². The summed E-state index contributed by atoms with van der Waals surface area (Å²) in [5.74, 6) is -1.46. The van der Waals surface area contributed by atoms with Crippen LogP contribution in [0.4, 0.5) is 5.69 Å². The number of nitrogens with one attached hydrogen (secondary N) is 1. The molecule has 0 aromatic heterocycles. The van der Waals surface area contributed by atoms with E-state index in [4.69, 9.17) is 5.26 Å². The fourth-order valence-corrected chi connectivity index (χ4v) is 5.42. The van der Waals surface area contributed by atoms with Crippen LogP contribution in [-0.2, 0) is 24.8 Å². The smallest absolute Gasteiger partial charge is 0.244 e. The summed E-state index contributed by atoms with van der Waals surface area (Å²) in [6, 6.07) is 6.71. The Morgan fingerprint density at radius 2 is 1.83 bits per heavy atom. The predicted octanol–water partition coefficient (Wildman–Crippen LogP) is 0.580. The third-order valence-corrected chi connectivity index (χ3v) is 6.95. The first kappa shape index (κ1) is 18.4. The van der Waals surface area contributed by atoms with Crippen molar-refractivity contribution in [3.8, 4) is 6.07 Å². The molecule has 24 heavy (non-hydrogen) atoms. The fourth-order valence-electron chi connectivity index (χ4n) is 2.27. The van der Waals surface area contributed by atoms with Crippen molar-refractivity contribution in [3.63, 3.8) is 0 Å². The van der Waals surface area contributed by atoms with Gasteiger partial charge in [0, 0.05) is 0 Å². The van der Waals surface area contributed by atoms with Crippen molar-refractivity contribution >= 4 is 31.6 Å². The number of nitriles is 1. The Hall–Kier alpha value is -1.96. The lowest BCUT2D eigenvalue weighted by atomic mass is 10.1. The topological polar surface area (TPSA) is 124 Å². The zero-order valence-corrected chi connectivity index (χ0v) is 15.0. The summed E-state index contributed by atoms with van der Waals surface area (Å²) in [7, 11) is -7.69. The molecular weight excluding hydrogens is 354 g/mol. The van der Waals surface area contributed by atoms with Gasteiger partial charge in [0.1, 0.15) is 5.54 Å². The number of benzene rings is 1. The van der Waals surface area contributed by atoms with E-state index in [9.17, 15) is 21.6 Å². The molecule has 0 spiro atoms. The number of nitrogens with zero attached hydrogens (tertiary/aromatic N) is 2. The van der Waals surface area contributed by atoms with Crippen molar-refractivity contribution in [1.82, 2.24) is 4.72 Å². The van der Waals surface area contributed by atoms with E-state index in [-0.39, 0.29) is 16.3 Å². The summed E-state index contributed by atoms with van der Waals surface area (Å²) in [6.07, 6.45) is 0. The van der Waals surface area contributed by atoms with E-state index in [1.54, 1.807) is 0 Å². The van der Waals surface area contributed by atoms with E-state index < -0.39 is 37.4 Å². The quantitative estimate of drug-likeness (QED) is 0.825. The molecule has 1 unspecified atom stereocenters. The van der Waals surface area contributed by atoms with E-state index in [0.717, 1.165) is 0 Å². The zero-order valence-electron chi connectivity index (χ0n) is 13.3. The van der Waals surface area contributed by atoms with Gasteiger partial charge in [0.2, 0.25) is 26.0 Å². The molecule has 1 atom stereocenters. The third kappa shape index (κ3) is 3.43. The largest absolute Gasteiger partial charge is 0.273 e. The minimum absolute atomic E-state index is 0.0860. The molecule has 1 heterocycles. The van der Waals surface area contributed by atoms with Crippen molar-refractivity contribution < 1.29 is 21.6 Å². The molecule has 8 nitrogen and oxygen atoms in total. The average molecular weight is 371 g/mol. The second kappa shape index (κ2) is 5.84. The van der Waals surface area contributed by atoms with Crippen molar-refractivity contribution in [2.45, 2.75) is 31.2 Å². The molecule has 0 bridgehead atoms. The van der Waals surface area contributed by atoms with Gasteiger partial charge in [-0.1, -0.05) is 6.92 Å². The van der Waals surface area contributed by atoms with E-state index >= 15 is 0 Å². The van der Waals surface area contributed by atoms with Gasteiger partial charge in [-0.3, -0.25) is 4.79 Å². The highest BCUT2D eigenvalue weighted by Gasteiger charge is 2.42. The molecular formula is C14H17N3O5S2. The van der Waals surface area contributed by atoms with Crippen LogP contribution in [0.2, 0.25) is 0 Å². The molecule has 130 valence electrons. The first-order chi connectivity index (χ1) is 10.9. The summed E-state index contributed by atoms with van der Waals surface area (Å²) in [6.45, 7) is 4.35.